The van der Waals surface area contributed by atoms with Gasteiger partial charge in [0.25, 0.3) is 0 Å². The first-order valence-corrected chi connectivity index (χ1v) is 9.63. The number of amides is 1. The maximum Gasteiger partial charge on any atom is 0.245 e. The molecule has 1 fully saturated rings. The fourth-order valence-corrected chi connectivity index (χ4v) is 3.40. The van der Waals surface area contributed by atoms with Gasteiger partial charge < -0.3 is 10.2 Å². The number of piperidine rings is 1. The van der Waals surface area contributed by atoms with E-state index in [0.29, 0.717) is 37.6 Å². The van der Waals surface area contributed by atoms with Gasteiger partial charge in [-0.1, -0.05) is 25.4 Å². The Hall–Kier alpha value is -2.28. The lowest BCUT2D eigenvalue weighted by Gasteiger charge is -2.31. The molecule has 0 radical (unpaired) electrons. The van der Waals surface area contributed by atoms with Gasteiger partial charge in [0.1, 0.15) is 5.82 Å². The molecule has 1 aromatic heterocycles. The monoisotopic (exact) mass is 391 g/mol. The standard InChI is InChI=1S/C19H23ClFN5O/c1-3-16-17(4-2)24-25-19(23-16)26-9-7-12(8-10-26)18(27)22-13-5-6-15(21)14(20)11-13/h5-6,11-12H,3-4,7-10H2,1-2H3,(H,22,27). The summed E-state index contributed by atoms with van der Waals surface area (Å²) in [4.78, 5) is 19.2. The summed E-state index contributed by atoms with van der Waals surface area (Å²) in [6.45, 7) is 5.49. The van der Waals surface area contributed by atoms with Crippen molar-refractivity contribution in [3.8, 4) is 0 Å². The summed E-state index contributed by atoms with van der Waals surface area (Å²) in [5.74, 6) is -0.0594. The van der Waals surface area contributed by atoms with Crippen molar-refractivity contribution in [2.45, 2.75) is 39.5 Å². The Morgan fingerprint density at radius 3 is 2.56 bits per heavy atom. The van der Waals surface area contributed by atoms with Crippen LogP contribution in [0, 0.1) is 11.7 Å². The Morgan fingerprint density at radius 1 is 1.22 bits per heavy atom. The fraction of sp³-hybridized carbons (Fsp3) is 0.474. The molecule has 1 N–H and O–H groups in total. The Bertz CT molecular complexity index is 824. The van der Waals surface area contributed by atoms with Gasteiger partial charge in [-0.25, -0.2) is 9.37 Å². The molecule has 6 nitrogen and oxygen atoms in total. The molecule has 2 heterocycles. The first kappa shape index (κ1) is 19.5. The van der Waals surface area contributed by atoms with Crippen LogP contribution in [0.3, 0.4) is 0 Å². The Morgan fingerprint density at radius 2 is 1.93 bits per heavy atom. The van der Waals surface area contributed by atoms with E-state index >= 15 is 0 Å². The van der Waals surface area contributed by atoms with Gasteiger partial charge >= 0.3 is 0 Å². The number of halogens is 2. The molecule has 1 aliphatic heterocycles. The molecule has 1 saturated heterocycles. The minimum atomic E-state index is -0.503. The largest absolute Gasteiger partial charge is 0.339 e. The lowest BCUT2D eigenvalue weighted by Crippen LogP contribution is -2.39. The number of rotatable bonds is 5. The van der Waals surface area contributed by atoms with E-state index in [1.54, 1.807) is 0 Å². The lowest BCUT2D eigenvalue weighted by atomic mass is 9.96. The first-order valence-electron chi connectivity index (χ1n) is 9.25. The number of nitrogens with zero attached hydrogens (tertiary/aromatic N) is 4. The molecule has 1 aliphatic rings. The molecular formula is C19H23ClFN5O. The number of benzene rings is 1. The van der Waals surface area contributed by atoms with E-state index in [0.717, 1.165) is 24.2 Å². The third kappa shape index (κ3) is 4.53. The minimum absolute atomic E-state index is 0.00507. The zero-order valence-corrected chi connectivity index (χ0v) is 16.3. The van der Waals surface area contributed by atoms with Crippen molar-refractivity contribution in [1.29, 1.82) is 0 Å². The number of carbonyl (C=O) groups excluding carboxylic acids is 1. The van der Waals surface area contributed by atoms with Gasteiger partial charge in [-0.15, -0.1) is 5.10 Å². The van der Waals surface area contributed by atoms with Crippen molar-refractivity contribution in [3.63, 3.8) is 0 Å². The highest BCUT2D eigenvalue weighted by molar-refractivity contribution is 6.31. The number of nitrogens with one attached hydrogen (secondary N) is 1. The van der Waals surface area contributed by atoms with Gasteiger partial charge in [0, 0.05) is 24.7 Å². The topological polar surface area (TPSA) is 71.0 Å². The molecule has 0 spiro atoms. The van der Waals surface area contributed by atoms with Gasteiger partial charge in [0.15, 0.2) is 0 Å². The van der Waals surface area contributed by atoms with Crippen molar-refractivity contribution in [1.82, 2.24) is 15.2 Å². The van der Waals surface area contributed by atoms with Gasteiger partial charge in [-0.05, 0) is 43.9 Å². The average Bonchev–Trinajstić information content (AvgIpc) is 2.70. The summed E-state index contributed by atoms with van der Waals surface area (Å²) in [6, 6.07) is 4.18. The van der Waals surface area contributed by atoms with Crippen molar-refractivity contribution in [2.75, 3.05) is 23.3 Å². The summed E-state index contributed by atoms with van der Waals surface area (Å²) >= 11 is 5.76. The third-order valence-corrected chi connectivity index (χ3v) is 5.12. The van der Waals surface area contributed by atoms with Crippen LogP contribution >= 0.6 is 11.6 Å². The van der Waals surface area contributed by atoms with Crippen LogP contribution in [-0.2, 0) is 17.6 Å². The Kier molecular flexibility index (Phi) is 6.21. The van der Waals surface area contributed by atoms with Gasteiger partial charge in [-0.2, -0.15) is 5.10 Å². The van der Waals surface area contributed by atoms with E-state index < -0.39 is 5.82 Å². The quantitative estimate of drug-likeness (QED) is 0.842. The molecular weight excluding hydrogens is 369 g/mol. The van der Waals surface area contributed by atoms with Crippen molar-refractivity contribution in [3.05, 3.63) is 40.4 Å². The summed E-state index contributed by atoms with van der Waals surface area (Å²) in [6.07, 6.45) is 3.03. The number of aryl methyl sites for hydroxylation is 2. The van der Waals surface area contributed by atoms with E-state index in [1.165, 1.54) is 18.2 Å². The van der Waals surface area contributed by atoms with Crippen LogP contribution in [-0.4, -0.2) is 34.2 Å². The summed E-state index contributed by atoms with van der Waals surface area (Å²) < 4.78 is 13.2. The number of hydrogen-bond acceptors (Lipinski definition) is 5. The Labute approximate surface area is 163 Å². The molecule has 0 saturated carbocycles. The van der Waals surface area contributed by atoms with Gasteiger partial charge in [-0.3, -0.25) is 4.79 Å². The normalized spacial score (nSPS) is 15.0. The maximum absolute atomic E-state index is 13.2. The third-order valence-electron chi connectivity index (χ3n) is 4.83. The van der Waals surface area contributed by atoms with Crippen LogP contribution in [0.1, 0.15) is 38.1 Å². The second kappa shape index (κ2) is 8.61. The maximum atomic E-state index is 13.2. The molecule has 2 aromatic rings. The number of anilines is 2. The van der Waals surface area contributed by atoms with E-state index in [4.69, 9.17) is 11.6 Å². The summed E-state index contributed by atoms with van der Waals surface area (Å²) in [5.41, 5.74) is 2.42. The molecule has 0 bridgehead atoms. The average molecular weight is 392 g/mol. The van der Waals surface area contributed by atoms with Crippen LogP contribution in [0.5, 0.6) is 0 Å². The van der Waals surface area contributed by atoms with Gasteiger partial charge in [0.2, 0.25) is 11.9 Å². The Balaban J connectivity index is 1.59. The molecule has 1 aromatic carbocycles. The van der Waals surface area contributed by atoms with Crippen LogP contribution in [0.25, 0.3) is 0 Å². The molecule has 1 amide bonds. The number of aromatic nitrogens is 3. The van der Waals surface area contributed by atoms with E-state index in [1.807, 2.05) is 6.92 Å². The van der Waals surface area contributed by atoms with Crippen LogP contribution in [0.2, 0.25) is 5.02 Å². The summed E-state index contributed by atoms with van der Waals surface area (Å²) in [5, 5.41) is 11.4. The fourth-order valence-electron chi connectivity index (χ4n) is 3.22. The molecule has 8 heteroatoms. The highest BCUT2D eigenvalue weighted by Gasteiger charge is 2.27. The van der Waals surface area contributed by atoms with Crippen LogP contribution < -0.4 is 10.2 Å². The highest BCUT2D eigenvalue weighted by Crippen LogP contribution is 2.24. The molecule has 0 unspecified atom stereocenters. The second-order valence-corrected chi connectivity index (χ2v) is 7.00. The molecule has 0 aliphatic carbocycles. The van der Waals surface area contributed by atoms with E-state index in [-0.39, 0.29) is 16.8 Å². The predicted molar refractivity (Wildman–Crippen MR) is 104 cm³/mol. The van der Waals surface area contributed by atoms with Crippen LogP contribution in [0.15, 0.2) is 18.2 Å². The first-order chi connectivity index (χ1) is 13.0. The van der Waals surface area contributed by atoms with Crippen LogP contribution in [0.4, 0.5) is 16.0 Å². The van der Waals surface area contributed by atoms with E-state index in [2.05, 4.69) is 32.3 Å². The van der Waals surface area contributed by atoms with Crippen molar-refractivity contribution in [2.24, 2.45) is 5.92 Å². The molecule has 3 rings (SSSR count). The van der Waals surface area contributed by atoms with Crippen molar-refractivity contribution >= 4 is 29.1 Å². The van der Waals surface area contributed by atoms with E-state index in [9.17, 15) is 9.18 Å². The molecule has 144 valence electrons. The zero-order valence-electron chi connectivity index (χ0n) is 15.5. The minimum Gasteiger partial charge on any atom is -0.339 e. The number of carbonyl (C=O) groups is 1. The second-order valence-electron chi connectivity index (χ2n) is 6.59. The summed E-state index contributed by atoms with van der Waals surface area (Å²) in [7, 11) is 0. The smallest absolute Gasteiger partial charge is 0.245 e. The van der Waals surface area contributed by atoms with Gasteiger partial charge in [0.05, 0.1) is 16.4 Å². The lowest BCUT2D eigenvalue weighted by molar-refractivity contribution is -0.120. The molecule has 0 atom stereocenters. The van der Waals surface area contributed by atoms with Crippen molar-refractivity contribution < 1.29 is 9.18 Å². The zero-order chi connectivity index (χ0) is 19.4. The molecule has 27 heavy (non-hydrogen) atoms. The SMILES string of the molecule is CCc1nnc(N2CCC(C(=O)Nc3ccc(F)c(Cl)c3)CC2)nc1CC. The highest BCUT2D eigenvalue weighted by atomic mass is 35.5. The predicted octanol–water partition coefficient (Wildman–Crippen LogP) is 3.64. The number of hydrogen-bond donors (Lipinski definition) is 1.